The topological polar surface area (TPSA) is 20.3 Å². The van der Waals surface area contributed by atoms with Crippen molar-refractivity contribution in [3.8, 4) is 11.1 Å². The van der Waals surface area contributed by atoms with E-state index in [0.29, 0.717) is 12.3 Å². The maximum Gasteiger partial charge on any atom is 0.226 e. The Morgan fingerprint density at radius 3 is 2.43 bits per heavy atom. The lowest BCUT2D eigenvalue weighted by Crippen LogP contribution is -2.31. The van der Waals surface area contributed by atoms with Crippen molar-refractivity contribution >= 4 is 11.6 Å². The number of hydrogen-bond acceptors (Lipinski definition) is 1. The molecule has 0 atom stereocenters. The number of unbranched alkanes of at least 4 members (excludes halogenated alkanes) is 1. The van der Waals surface area contributed by atoms with Gasteiger partial charge in [0.05, 0.1) is 5.69 Å². The molecule has 0 saturated carbocycles. The number of aryl methyl sites for hydroxylation is 1. The summed E-state index contributed by atoms with van der Waals surface area (Å²) in [5.74, 6) is 0.676. The number of fused-ring (bicyclic) bond motifs is 1. The first kappa shape index (κ1) is 17.5. The summed E-state index contributed by atoms with van der Waals surface area (Å²) in [6, 6.07) is 10.9. The fourth-order valence-corrected chi connectivity index (χ4v) is 2.98. The zero-order chi connectivity index (χ0) is 17.0. The highest BCUT2D eigenvalue weighted by Crippen LogP contribution is 2.37. The van der Waals surface area contributed by atoms with E-state index in [9.17, 15) is 4.79 Å². The van der Waals surface area contributed by atoms with Crippen molar-refractivity contribution in [3.05, 3.63) is 41.5 Å². The highest BCUT2D eigenvalue weighted by atomic mass is 16.2. The average Bonchev–Trinajstić information content (AvgIpc) is 2.78. The van der Waals surface area contributed by atoms with Gasteiger partial charge in [0, 0.05) is 18.5 Å². The minimum Gasteiger partial charge on any atom is -0.312 e. The van der Waals surface area contributed by atoms with Gasteiger partial charge in [-0.05, 0) is 42.0 Å². The number of hydrogen-bond donors (Lipinski definition) is 0. The predicted octanol–water partition coefficient (Wildman–Crippen LogP) is 5.77. The third kappa shape index (κ3) is 3.74. The van der Waals surface area contributed by atoms with Crippen molar-refractivity contribution in [1.82, 2.24) is 0 Å². The average molecular weight is 311 g/mol. The molecule has 0 N–H and O–H groups in total. The van der Waals surface area contributed by atoms with Crippen LogP contribution in [0.1, 0.15) is 64.0 Å². The van der Waals surface area contributed by atoms with Gasteiger partial charge in [0.25, 0.3) is 0 Å². The number of anilines is 1. The first-order valence-electron chi connectivity index (χ1n) is 8.83. The van der Waals surface area contributed by atoms with Crippen molar-refractivity contribution in [3.63, 3.8) is 0 Å². The normalized spacial score (nSPS) is 11.2. The van der Waals surface area contributed by atoms with Crippen molar-refractivity contribution in [1.29, 1.82) is 0 Å². The molecule has 2 aliphatic rings. The second kappa shape index (κ2) is 7.63. The third-order valence-corrected chi connectivity index (χ3v) is 4.53. The Labute approximate surface area is 140 Å². The Hall–Kier alpha value is -1.83. The maximum atomic E-state index is 12.5. The quantitative estimate of drug-likeness (QED) is 0.663. The molecule has 0 radical (unpaired) electrons. The lowest BCUT2D eigenvalue weighted by atomic mass is 10.0. The Morgan fingerprint density at radius 1 is 1.09 bits per heavy atom. The molecular weight excluding hydrogens is 282 g/mol. The SMILES string of the molecule is CCCCN(C(=O)CC)c1ccc(C(C)C)cc2c(C)ccc1-2. The highest BCUT2D eigenvalue weighted by molar-refractivity contribution is 5.98. The van der Waals surface area contributed by atoms with Gasteiger partial charge in [-0.1, -0.05) is 58.4 Å². The second-order valence-corrected chi connectivity index (χ2v) is 6.61. The summed E-state index contributed by atoms with van der Waals surface area (Å²) >= 11 is 0. The lowest BCUT2D eigenvalue weighted by Gasteiger charge is -2.23. The van der Waals surface area contributed by atoms with E-state index in [0.717, 1.165) is 25.1 Å². The Morgan fingerprint density at radius 2 is 1.83 bits per heavy atom. The molecule has 0 heterocycles. The molecule has 0 aromatic carbocycles. The van der Waals surface area contributed by atoms with Gasteiger partial charge in [-0.25, -0.2) is 0 Å². The van der Waals surface area contributed by atoms with Crippen LogP contribution in [0.15, 0.2) is 30.3 Å². The zero-order valence-electron chi connectivity index (χ0n) is 15.1. The molecule has 2 aliphatic carbocycles. The molecule has 2 nitrogen and oxygen atoms in total. The van der Waals surface area contributed by atoms with Crippen LogP contribution in [0.3, 0.4) is 0 Å². The van der Waals surface area contributed by atoms with Crippen LogP contribution < -0.4 is 4.90 Å². The first-order valence-corrected chi connectivity index (χ1v) is 8.83. The van der Waals surface area contributed by atoms with Gasteiger partial charge in [0.1, 0.15) is 0 Å². The molecule has 2 rings (SSSR count). The number of carbonyl (C=O) groups excluding carboxylic acids is 1. The van der Waals surface area contributed by atoms with Crippen molar-refractivity contribution < 1.29 is 4.79 Å². The van der Waals surface area contributed by atoms with E-state index >= 15 is 0 Å². The fraction of sp³-hybridized carbons (Fsp3) is 0.476. The zero-order valence-corrected chi connectivity index (χ0v) is 15.1. The molecule has 2 heteroatoms. The summed E-state index contributed by atoms with van der Waals surface area (Å²) in [6.07, 6.45) is 2.66. The first-order chi connectivity index (χ1) is 11.0. The van der Waals surface area contributed by atoms with Crippen molar-refractivity contribution in [2.24, 2.45) is 0 Å². The van der Waals surface area contributed by atoms with Crippen LogP contribution in [0.2, 0.25) is 0 Å². The van der Waals surface area contributed by atoms with E-state index in [1.807, 2.05) is 11.8 Å². The van der Waals surface area contributed by atoms with Crippen LogP contribution >= 0.6 is 0 Å². The molecule has 0 bridgehead atoms. The fourth-order valence-electron chi connectivity index (χ4n) is 2.98. The summed E-state index contributed by atoms with van der Waals surface area (Å²) in [4.78, 5) is 14.5. The molecule has 23 heavy (non-hydrogen) atoms. The van der Waals surface area contributed by atoms with Crippen LogP contribution in [-0.4, -0.2) is 12.5 Å². The second-order valence-electron chi connectivity index (χ2n) is 6.61. The molecule has 0 saturated heterocycles. The van der Waals surface area contributed by atoms with E-state index in [-0.39, 0.29) is 5.91 Å². The minimum absolute atomic E-state index is 0.205. The van der Waals surface area contributed by atoms with Crippen LogP contribution in [0.5, 0.6) is 0 Å². The molecule has 0 spiro atoms. The van der Waals surface area contributed by atoms with E-state index in [2.05, 4.69) is 58.0 Å². The Bertz CT molecular complexity index is 645. The minimum atomic E-state index is 0.205. The molecule has 0 aliphatic heterocycles. The molecular formula is C21H29NO. The third-order valence-electron chi connectivity index (χ3n) is 4.53. The van der Waals surface area contributed by atoms with Gasteiger partial charge in [0.2, 0.25) is 5.91 Å². The molecule has 0 unspecified atom stereocenters. The number of amides is 1. The van der Waals surface area contributed by atoms with Crippen LogP contribution in [0, 0.1) is 6.92 Å². The van der Waals surface area contributed by atoms with Gasteiger partial charge in [-0.15, -0.1) is 0 Å². The summed E-state index contributed by atoms with van der Waals surface area (Å²) in [5, 5.41) is 0. The van der Waals surface area contributed by atoms with Crippen molar-refractivity contribution in [2.75, 3.05) is 11.4 Å². The summed E-state index contributed by atoms with van der Waals surface area (Å²) in [6.45, 7) is 11.5. The molecule has 1 amide bonds. The molecule has 0 aromatic rings. The summed E-state index contributed by atoms with van der Waals surface area (Å²) < 4.78 is 0. The maximum absolute atomic E-state index is 12.5. The predicted molar refractivity (Wildman–Crippen MR) is 99.4 cm³/mol. The van der Waals surface area contributed by atoms with Gasteiger partial charge in [-0.3, -0.25) is 4.79 Å². The number of rotatable bonds is 6. The van der Waals surface area contributed by atoms with Crippen LogP contribution in [0.4, 0.5) is 5.69 Å². The number of carbonyl (C=O) groups is 1. The van der Waals surface area contributed by atoms with E-state index in [1.165, 1.54) is 22.3 Å². The number of nitrogens with zero attached hydrogens (tertiary/aromatic N) is 1. The molecule has 124 valence electrons. The Balaban J connectivity index is 2.59. The Kier molecular flexibility index (Phi) is 5.81. The van der Waals surface area contributed by atoms with Gasteiger partial charge in [0.15, 0.2) is 0 Å². The summed E-state index contributed by atoms with van der Waals surface area (Å²) in [5.41, 5.74) is 6.10. The standard InChI is InChI=1S/C21H29NO/c1-6-8-13-22(21(23)7-2)20-12-10-17(15(3)4)14-19-16(5)9-11-18(19)20/h9-12,14-15H,6-8,13H2,1-5H3. The van der Waals surface area contributed by atoms with E-state index in [1.54, 1.807) is 0 Å². The highest BCUT2D eigenvalue weighted by Gasteiger charge is 2.20. The van der Waals surface area contributed by atoms with Gasteiger partial charge in [-0.2, -0.15) is 0 Å². The smallest absolute Gasteiger partial charge is 0.226 e. The van der Waals surface area contributed by atoms with E-state index in [4.69, 9.17) is 0 Å². The van der Waals surface area contributed by atoms with Crippen LogP contribution in [0.25, 0.3) is 11.1 Å². The lowest BCUT2D eigenvalue weighted by molar-refractivity contribution is -0.118. The monoisotopic (exact) mass is 311 g/mol. The van der Waals surface area contributed by atoms with E-state index < -0.39 is 0 Å². The molecule has 0 fully saturated rings. The van der Waals surface area contributed by atoms with Gasteiger partial charge < -0.3 is 4.90 Å². The largest absolute Gasteiger partial charge is 0.312 e. The van der Waals surface area contributed by atoms with Gasteiger partial charge >= 0.3 is 0 Å². The van der Waals surface area contributed by atoms with Crippen LogP contribution in [-0.2, 0) is 4.79 Å². The summed E-state index contributed by atoms with van der Waals surface area (Å²) in [7, 11) is 0. The molecule has 0 aromatic heterocycles. The van der Waals surface area contributed by atoms with Crippen molar-refractivity contribution in [2.45, 2.75) is 59.8 Å².